The summed E-state index contributed by atoms with van der Waals surface area (Å²) in [6.45, 7) is 2.65. The Bertz CT molecular complexity index is 1450. The zero-order valence-corrected chi connectivity index (χ0v) is 23.6. The summed E-state index contributed by atoms with van der Waals surface area (Å²) in [5, 5.41) is 3.19. The highest BCUT2D eigenvalue weighted by atomic mass is 16.5. The minimum absolute atomic E-state index is 0.0193. The number of guanidine groups is 1. The summed E-state index contributed by atoms with van der Waals surface area (Å²) in [7, 11) is 0. The molecule has 0 radical (unpaired) electrons. The molecule has 0 unspecified atom stereocenters. The fourth-order valence-corrected chi connectivity index (χ4v) is 6.40. The standard InChI is InChI=1S/C34H38N4O3/c1-2-9-29(38-31(39)22-34(37-33(38)35,21-23-16-17-23)26-12-4-3-5-13-26)24-10-8-11-25(20-24)32(40)36-28-18-19-41-30-15-7-6-14-27(28)30/h3-8,10-15,20,23,28-29H,2,9,16-19,21-22H2,1H3,(H2,35,37)(H,36,40)/t28-,29+,34-/m0/s1. The molecular weight excluding hydrogens is 512 g/mol. The van der Waals surface area contributed by atoms with E-state index in [4.69, 9.17) is 15.5 Å². The first-order valence-corrected chi connectivity index (χ1v) is 14.8. The van der Waals surface area contributed by atoms with E-state index < -0.39 is 5.54 Å². The first kappa shape index (κ1) is 27.1. The van der Waals surface area contributed by atoms with Gasteiger partial charge in [-0.3, -0.25) is 14.5 Å². The first-order valence-electron chi connectivity index (χ1n) is 14.8. The predicted octanol–water partition coefficient (Wildman–Crippen LogP) is 6.02. The highest BCUT2D eigenvalue weighted by Gasteiger charge is 2.46. The van der Waals surface area contributed by atoms with Crippen LogP contribution in [0.25, 0.3) is 0 Å². The van der Waals surface area contributed by atoms with Gasteiger partial charge in [0.15, 0.2) is 5.96 Å². The van der Waals surface area contributed by atoms with Gasteiger partial charge in [-0.2, -0.15) is 0 Å². The summed E-state index contributed by atoms with van der Waals surface area (Å²) in [6.07, 6.45) is 5.74. The Hall–Kier alpha value is -4.13. The van der Waals surface area contributed by atoms with Gasteiger partial charge in [0, 0.05) is 17.5 Å². The number of ether oxygens (including phenoxy) is 1. The van der Waals surface area contributed by atoms with Gasteiger partial charge in [0.1, 0.15) is 5.75 Å². The molecule has 3 N–H and O–H groups in total. The SMILES string of the molecule is CCC[C@H](c1cccc(C(=O)N[C@H]2CCOc3ccccc32)c1)N1C(=O)C[C@@](CC2CC2)(c2ccccc2)N=C1N. The van der Waals surface area contributed by atoms with Crippen molar-refractivity contribution in [2.45, 2.75) is 69.5 Å². The zero-order chi connectivity index (χ0) is 28.4. The third-order valence-electron chi connectivity index (χ3n) is 8.59. The molecule has 1 fully saturated rings. The zero-order valence-electron chi connectivity index (χ0n) is 23.6. The molecule has 0 saturated heterocycles. The molecule has 1 aliphatic carbocycles. The molecule has 2 amide bonds. The highest BCUT2D eigenvalue weighted by Crippen LogP contribution is 2.47. The summed E-state index contributed by atoms with van der Waals surface area (Å²) < 4.78 is 5.76. The number of nitrogens with two attached hydrogens (primary N) is 1. The predicted molar refractivity (Wildman–Crippen MR) is 159 cm³/mol. The van der Waals surface area contributed by atoms with Crippen LogP contribution in [0.15, 0.2) is 83.9 Å². The third kappa shape index (κ3) is 5.58. The molecule has 0 aromatic heterocycles. The van der Waals surface area contributed by atoms with E-state index in [0.717, 1.165) is 35.3 Å². The lowest BCUT2D eigenvalue weighted by molar-refractivity contribution is -0.132. The second kappa shape index (κ2) is 11.4. The topological polar surface area (TPSA) is 97.0 Å². The molecule has 6 rings (SSSR count). The number of fused-ring (bicyclic) bond motifs is 1. The number of aliphatic imine (C=N–C) groups is 1. The number of amides is 2. The molecule has 3 aliphatic rings. The molecular formula is C34H38N4O3. The van der Waals surface area contributed by atoms with Crippen molar-refractivity contribution >= 4 is 17.8 Å². The maximum Gasteiger partial charge on any atom is 0.251 e. The van der Waals surface area contributed by atoms with Crippen LogP contribution in [0.3, 0.4) is 0 Å². The Morgan fingerprint density at radius 1 is 1.07 bits per heavy atom. The van der Waals surface area contributed by atoms with Crippen molar-refractivity contribution in [3.8, 4) is 5.75 Å². The largest absolute Gasteiger partial charge is 0.493 e. The molecule has 7 heteroatoms. The molecule has 0 spiro atoms. The van der Waals surface area contributed by atoms with Gasteiger partial charge in [-0.25, -0.2) is 4.99 Å². The van der Waals surface area contributed by atoms with Crippen LogP contribution in [0, 0.1) is 5.92 Å². The maximum absolute atomic E-state index is 14.0. The molecule has 1 saturated carbocycles. The van der Waals surface area contributed by atoms with Gasteiger partial charge < -0.3 is 15.8 Å². The van der Waals surface area contributed by atoms with Crippen LogP contribution in [0.5, 0.6) is 5.75 Å². The maximum atomic E-state index is 14.0. The molecule has 3 aromatic carbocycles. The van der Waals surface area contributed by atoms with E-state index >= 15 is 0 Å². The van der Waals surface area contributed by atoms with E-state index in [-0.39, 0.29) is 36.3 Å². The number of para-hydroxylation sites is 1. The normalized spacial score (nSPS) is 22.8. The molecule has 41 heavy (non-hydrogen) atoms. The van der Waals surface area contributed by atoms with Crippen molar-refractivity contribution in [3.63, 3.8) is 0 Å². The van der Waals surface area contributed by atoms with Crippen molar-refractivity contribution in [3.05, 3.63) is 101 Å². The number of hydrogen-bond acceptors (Lipinski definition) is 5. The van der Waals surface area contributed by atoms with E-state index in [1.165, 1.54) is 12.8 Å². The van der Waals surface area contributed by atoms with Crippen LogP contribution in [-0.2, 0) is 10.3 Å². The summed E-state index contributed by atoms with van der Waals surface area (Å²) in [6, 6.07) is 25.1. The second-order valence-electron chi connectivity index (χ2n) is 11.6. The van der Waals surface area contributed by atoms with E-state index in [9.17, 15) is 9.59 Å². The first-order chi connectivity index (χ1) is 20.0. The lowest BCUT2D eigenvalue weighted by atomic mass is 9.80. The molecule has 7 nitrogen and oxygen atoms in total. The number of rotatable bonds is 9. The minimum atomic E-state index is -0.626. The average Bonchev–Trinajstić information content (AvgIpc) is 3.81. The Balaban J connectivity index is 1.28. The molecule has 3 atom stereocenters. The highest BCUT2D eigenvalue weighted by molar-refractivity contribution is 6.00. The average molecular weight is 551 g/mol. The fourth-order valence-electron chi connectivity index (χ4n) is 6.40. The molecule has 3 aromatic rings. The van der Waals surface area contributed by atoms with E-state index in [1.807, 2.05) is 66.7 Å². The Morgan fingerprint density at radius 3 is 2.61 bits per heavy atom. The van der Waals surface area contributed by atoms with Gasteiger partial charge in [-0.05, 0) is 48.1 Å². The Labute approximate surface area is 241 Å². The van der Waals surface area contributed by atoms with Crippen LogP contribution >= 0.6 is 0 Å². The molecule has 0 bridgehead atoms. The molecule has 212 valence electrons. The lowest BCUT2D eigenvalue weighted by Crippen LogP contribution is -2.52. The van der Waals surface area contributed by atoms with Crippen LogP contribution < -0.4 is 15.8 Å². The molecule has 2 aliphatic heterocycles. The quantitative estimate of drug-likeness (QED) is 0.340. The number of benzene rings is 3. The smallest absolute Gasteiger partial charge is 0.251 e. The van der Waals surface area contributed by atoms with Crippen molar-refractivity contribution < 1.29 is 14.3 Å². The minimum Gasteiger partial charge on any atom is -0.493 e. The van der Waals surface area contributed by atoms with Gasteiger partial charge in [0.05, 0.1) is 30.7 Å². The Kier molecular flexibility index (Phi) is 7.52. The van der Waals surface area contributed by atoms with Crippen molar-refractivity contribution in [1.82, 2.24) is 10.2 Å². The number of hydrogen-bond donors (Lipinski definition) is 2. The van der Waals surface area contributed by atoms with Crippen LogP contribution in [0.4, 0.5) is 0 Å². The van der Waals surface area contributed by atoms with E-state index in [0.29, 0.717) is 30.9 Å². The van der Waals surface area contributed by atoms with Gasteiger partial charge in [0.25, 0.3) is 5.91 Å². The summed E-state index contributed by atoms with van der Waals surface area (Å²) in [4.78, 5) is 34.1. The number of nitrogens with one attached hydrogen (secondary N) is 1. The Morgan fingerprint density at radius 2 is 1.85 bits per heavy atom. The number of carbonyl (C=O) groups is 2. The summed E-state index contributed by atoms with van der Waals surface area (Å²) >= 11 is 0. The monoisotopic (exact) mass is 550 g/mol. The van der Waals surface area contributed by atoms with Crippen molar-refractivity contribution in [2.24, 2.45) is 16.6 Å². The van der Waals surface area contributed by atoms with Crippen molar-refractivity contribution in [2.75, 3.05) is 6.61 Å². The van der Waals surface area contributed by atoms with Crippen molar-refractivity contribution in [1.29, 1.82) is 0 Å². The van der Waals surface area contributed by atoms with Gasteiger partial charge in [-0.15, -0.1) is 0 Å². The molecule has 2 heterocycles. The number of nitrogens with zero attached hydrogens (tertiary/aromatic N) is 2. The summed E-state index contributed by atoms with van der Waals surface area (Å²) in [5.74, 6) is 1.48. The van der Waals surface area contributed by atoms with E-state index in [2.05, 4.69) is 24.4 Å². The van der Waals surface area contributed by atoms with Crippen LogP contribution in [0.1, 0.15) is 91.0 Å². The van der Waals surface area contributed by atoms with Gasteiger partial charge >= 0.3 is 0 Å². The van der Waals surface area contributed by atoms with Crippen LogP contribution in [0.2, 0.25) is 0 Å². The fraction of sp³-hybridized carbons (Fsp3) is 0.382. The van der Waals surface area contributed by atoms with E-state index in [1.54, 1.807) is 4.90 Å². The van der Waals surface area contributed by atoms with Gasteiger partial charge in [-0.1, -0.05) is 86.8 Å². The summed E-state index contributed by atoms with van der Waals surface area (Å²) in [5.41, 5.74) is 9.52. The second-order valence-corrected chi connectivity index (χ2v) is 11.6. The number of carbonyl (C=O) groups excluding carboxylic acids is 2. The van der Waals surface area contributed by atoms with Crippen LogP contribution in [-0.4, -0.2) is 29.3 Å². The lowest BCUT2D eigenvalue weighted by Gasteiger charge is -2.41. The van der Waals surface area contributed by atoms with Gasteiger partial charge in [0.2, 0.25) is 5.91 Å². The third-order valence-corrected chi connectivity index (χ3v) is 8.59.